The van der Waals surface area contributed by atoms with Gasteiger partial charge >= 0.3 is 0 Å². The molecule has 5 heteroatoms. The van der Waals surface area contributed by atoms with Crippen LogP contribution in [0.1, 0.15) is 57.4 Å². The SMILES string of the molecule is COS(=O)(=O)[C@H](CC(C)(C)O)c1ccc(C(C)(C)C)cc1. The van der Waals surface area contributed by atoms with Gasteiger partial charge in [0.1, 0.15) is 5.25 Å². The molecule has 0 spiro atoms. The Morgan fingerprint density at radius 2 is 1.57 bits per heavy atom. The van der Waals surface area contributed by atoms with Crippen molar-refractivity contribution < 1.29 is 17.7 Å². The highest BCUT2D eigenvalue weighted by molar-refractivity contribution is 7.87. The number of hydrogen-bond acceptors (Lipinski definition) is 4. The first-order valence-electron chi connectivity index (χ1n) is 6.99. The highest BCUT2D eigenvalue weighted by Crippen LogP contribution is 2.33. The normalized spacial score (nSPS) is 15.0. The zero-order chi connectivity index (χ0) is 16.5. The van der Waals surface area contributed by atoms with E-state index in [1.807, 2.05) is 12.1 Å². The molecular weight excluding hydrogens is 288 g/mol. The predicted molar refractivity (Wildman–Crippen MR) is 84.7 cm³/mol. The molecule has 0 amide bonds. The molecule has 1 N–H and O–H groups in total. The van der Waals surface area contributed by atoms with Crippen molar-refractivity contribution in [2.45, 2.75) is 57.3 Å². The summed E-state index contributed by atoms with van der Waals surface area (Å²) < 4.78 is 28.9. The second-order valence-corrected chi connectivity index (χ2v) is 8.92. The van der Waals surface area contributed by atoms with Gasteiger partial charge in [0, 0.05) is 0 Å². The number of hydrogen-bond donors (Lipinski definition) is 1. The molecule has 1 aromatic rings. The smallest absolute Gasteiger partial charge is 0.274 e. The quantitative estimate of drug-likeness (QED) is 0.848. The van der Waals surface area contributed by atoms with Crippen LogP contribution in [-0.2, 0) is 19.7 Å². The minimum Gasteiger partial charge on any atom is -0.390 e. The Balaban J connectivity index is 3.22. The maximum absolute atomic E-state index is 12.1. The Morgan fingerprint density at radius 3 is 1.90 bits per heavy atom. The van der Waals surface area contributed by atoms with Crippen molar-refractivity contribution in [3.8, 4) is 0 Å². The van der Waals surface area contributed by atoms with E-state index in [9.17, 15) is 13.5 Å². The predicted octanol–water partition coefficient (Wildman–Crippen LogP) is 3.16. The third-order valence-corrected chi connectivity index (χ3v) is 5.01. The Morgan fingerprint density at radius 1 is 1.10 bits per heavy atom. The molecule has 0 fully saturated rings. The molecule has 0 aromatic heterocycles. The van der Waals surface area contributed by atoms with Crippen LogP contribution in [-0.4, -0.2) is 26.2 Å². The lowest BCUT2D eigenvalue weighted by atomic mass is 9.86. The summed E-state index contributed by atoms with van der Waals surface area (Å²) in [6, 6.07) is 7.46. The van der Waals surface area contributed by atoms with Crippen LogP contribution in [0.15, 0.2) is 24.3 Å². The molecule has 0 aliphatic heterocycles. The van der Waals surface area contributed by atoms with E-state index in [1.54, 1.807) is 26.0 Å². The second kappa shape index (κ2) is 6.07. The van der Waals surface area contributed by atoms with Crippen molar-refractivity contribution in [1.82, 2.24) is 0 Å². The van der Waals surface area contributed by atoms with Crippen LogP contribution in [0.5, 0.6) is 0 Å². The molecule has 0 heterocycles. The Labute approximate surface area is 128 Å². The summed E-state index contributed by atoms with van der Waals surface area (Å²) in [5, 5.41) is 9.09. The van der Waals surface area contributed by atoms with Crippen LogP contribution in [0.25, 0.3) is 0 Å². The van der Waals surface area contributed by atoms with E-state index in [0.717, 1.165) is 12.7 Å². The fraction of sp³-hybridized carbons (Fsp3) is 0.625. The highest BCUT2D eigenvalue weighted by atomic mass is 32.2. The van der Waals surface area contributed by atoms with E-state index in [1.165, 1.54) is 0 Å². The standard InChI is InChI=1S/C16H26O4S/c1-15(2,3)13-9-7-12(8-10-13)14(11-16(4,5)17)21(18,19)20-6/h7-10,14,17H,11H2,1-6H3/t14-/m1/s1. The van der Waals surface area contributed by atoms with Crippen molar-refractivity contribution in [1.29, 1.82) is 0 Å². The van der Waals surface area contributed by atoms with Crippen LogP contribution in [0.4, 0.5) is 0 Å². The maximum atomic E-state index is 12.1. The summed E-state index contributed by atoms with van der Waals surface area (Å²) in [4.78, 5) is 0. The van der Waals surface area contributed by atoms with Crippen molar-refractivity contribution in [3.63, 3.8) is 0 Å². The molecule has 0 unspecified atom stereocenters. The van der Waals surface area contributed by atoms with Gasteiger partial charge < -0.3 is 5.11 Å². The molecule has 0 radical (unpaired) electrons. The molecule has 1 atom stereocenters. The molecule has 120 valence electrons. The highest BCUT2D eigenvalue weighted by Gasteiger charge is 2.32. The lowest BCUT2D eigenvalue weighted by Crippen LogP contribution is -2.27. The lowest BCUT2D eigenvalue weighted by molar-refractivity contribution is 0.0687. The summed E-state index contributed by atoms with van der Waals surface area (Å²) in [6.07, 6.45) is 0.0814. The zero-order valence-corrected chi connectivity index (χ0v) is 14.5. The van der Waals surface area contributed by atoms with Crippen LogP contribution in [0.3, 0.4) is 0 Å². The van der Waals surface area contributed by atoms with Crippen molar-refractivity contribution >= 4 is 10.1 Å². The van der Waals surface area contributed by atoms with E-state index >= 15 is 0 Å². The van der Waals surface area contributed by atoms with Crippen LogP contribution < -0.4 is 0 Å². The number of aliphatic hydroxyl groups is 1. The van der Waals surface area contributed by atoms with E-state index in [-0.39, 0.29) is 11.8 Å². The monoisotopic (exact) mass is 314 g/mol. The molecule has 1 aromatic carbocycles. The number of rotatable bonds is 5. The summed E-state index contributed by atoms with van der Waals surface area (Å²) in [6.45, 7) is 9.48. The Kier molecular flexibility index (Phi) is 5.24. The lowest BCUT2D eigenvalue weighted by Gasteiger charge is -2.25. The molecule has 0 bridgehead atoms. The summed E-state index contributed by atoms with van der Waals surface area (Å²) >= 11 is 0. The average molecular weight is 314 g/mol. The van der Waals surface area contributed by atoms with Crippen molar-refractivity contribution in [2.24, 2.45) is 0 Å². The van der Waals surface area contributed by atoms with Gasteiger partial charge in [-0.05, 0) is 36.8 Å². The average Bonchev–Trinajstić information content (AvgIpc) is 2.34. The van der Waals surface area contributed by atoms with Crippen molar-refractivity contribution in [3.05, 3.63) is 35.4 Å². The van der Waals surface area contributed by atoms with Crippen molar-refractivity contribution in [2.75, 3.05) is 7.11 Å². The first-order chi connectivity index (χ1) is 9.37. The van der Waals surface area contributed by atoms with E-state index in [2.05, 4.69) is 25.0 Å². The molecule has 0 aliphatic carbocycles. The third-order valence-electron chi connectivity index (χ3n) is 3.41. The summed E-state index contributed by atoms with van der Waals surface area (Å²) in [5.41, 5.74) is 0.665. The fourth-order valence-corrected chi connectivity index (χ4v) is 3.49. The summed E-state index contributed by atoms with van der Waals surface area (Å²) in [5.74, 6) is 0. The topological polar surface area (TPSA) is 63.6 Å². The minimum atomic E-state index is -3.75. The second-order valence-electron chi connectivity index (χ2n) is 7.04. The van der Waals surface area contributed by atoms with Gasteiger partial charge in [0.25, 0.3) is 10.1 Å². The van der Waals surface area contributed by atoms with Gasteiger partial charge in [0.2, 0.25) is 0 Å². The first-order valence-corrected chi connectivity index (χ1v) is 8.46. The molecule has 21 heavy (non-hydrogen) atoms. The van der Waals surface area contributed by atoms with Crippen LogP contribution in [0, 0.1) is 0 Å². The van der Waals surface area contributed by atoms with E-state index < -0.39 is 21.0 Å². The van der Waals surface area contributed by atoms with Gasteiger partial charge in [-0.2, -0.15) is 8.42 Å². The molecule has 0 saturated heterocycles. The summed E-state index contributed by atoms with van der Waals surface area (Å²) in [7, 11) is -2.61. The van der Waals surface area contributed by atoms with Crippen LogP contribution >= 0.6 is 0 Å². The molecule has 1 rings (SSSR count). The molecule has 0 aliphatic rings. The molecule has 0 saturated carbocycles. The van der Waals surface area contributed by atoms with Gasteiger partial charge in [-0.25, -0.2) is 0 Å². The van der Waals surface area contributed by atoms with Gasteiger partial charge in [0.15, 0.2) is 0 Å². The zero-order valence-electron chi connectivity index (χ0n) is 13.7. The van der Waals surface area contributed by atoms with Gasteiger partial charge in [-0.15, -0.1) is 0 Å². The van der Waals surface area contributed by atoms with Gasteiger partial charge in [-0.1, -0.05) is 45.0 Å². The number of benzene rings is 1. The van der Waals surface area contributed by atoms with E-state index in [4.69, 9.17) is 0 Å². The minimum absolute atomic E-state index is 0.00437. The van der Waals surface area contributed by atoms with Gasteiger partial charge in [0.05, 0.1) is 12.7 Å². The van der Waals surface area contributed by atoms with Crippen LogP contribution in [0.2, 0.25) is 0 Å². The van der Waals surface area contributed by atoms with Gasteiger partial charge in [-0.3, -0.25) is 4.18 Å². The Bertz CT molecular complexity index is 560. The first kappa shape index (κ1) is 18.1. The molecule has 4 nitrogen and oxygen atoms in total. The van der Waals surface area contributed by atoms with E-state index in [0.29, 0.717) is 5.56 Å². The molecular formula is C16H26O4S. The third kappa shape index (κ3) is 5.09. The maximum Gasteiger partial charge on any atom is 0.274 e. The largest absolute Gasteiger partial charge is 0.390 e. The fourth-order valence-electron chi connectivity index (χ4n) is 2.15. The Hall–Kier alpha value is -0.910.